The van der Waals surface area contributed by atoms with Gasteiger partial charge in [-0.2, -0.15) is 0 Å². The van der Waals surface area contributed by atoms with Crippen LogP contribution in [0.2, 0.25) is 0 Å². The lowest BCUT2D eigenvalue weighted by atomic mass is 9.89. The van der Waals surface area contributed by atoms with E-state index in [9.17, 15) is 0 Å². The fourth-order valence-electron chi connectivity index (χ4n) is 1.41. The van der Waals surface area contributed by atoms with Gasteiger partial charge in [-0.3, -0.25) is 0 Å². The highest BCUT2D eigenvalue weighted by Crippen LogP contribution is 2.24. The van der Waals surface area contributed by atoms with E-state index in [0.717, 1.165) is 39.3 Å². The maximum atomic E-state index is 8.46. The van der Waals surface area contributed by atoms with Gasteiger partial charge in [-0.1, -0.05) is 6.92 Å². The molecule has 0 aromatic carbocycles. The summed E-state index contributed by atoms with van der Waals surface area (Å²) in [4.78, 5) is 0. The van der Waals surface area contributed by atoms with Crippen molar-refractivity contribution >= 4 is 0 Å². The fraction of sp³-hybridized carbons (Fsp3) is 1.00. The normalized spacial score (nSPS) is 19.3. The van der Waals surface area contributed by atoms with Gasteiger partial charge in [0.15, 0.2) is 0 Å². The highest BCUT2D eigenvalue weighted by atomic mass is 16.5. The van der Waals surface area contributed by atoms with Crippen molar-refractivity contribution in [2.75, 3.05) is 46.1 Å². The standard InChI is InChI=1S/C10H21NO3/c1-10(8-14-9-10)7-11-3-2-5-13-6-4-12/h11-12H,2-9H2,1H3. The molecule has 0 bridgehead atoms. The van der Waals surface area contributed by atoms with Gasteiger partial charge in [-0.25, -0.2) is 0 Å². The molecular weight excluding hydrogens is 182 g/mol. The van der Waals surface area contributed by atoms with Gasteiger partial charge in [0.2, 0.25) is 0 Å². The number of nitrogens with one attached hydrogen (secondary N) is 1. The number of rotatable bonds is 8. The van der Waals surface area contributed by atoms with Gasteiger partial charge in [0.25, 0.3) is 0 Å². The summed E-state index contributed by atoms with van der Waals surface area (Å²) in [5.41, 5.74) is 0.353. The Labute approximate surface area is 85.6 Å². The highest BCUT2D eigenvalue weighted by Gasteiger charge is 2.32. The van der Waals surface area contributed by atoms with Crippen molar-refractivity contribution in [3.63, 3.8) is 0 Å². The molecule has 0 atom stereocenters. The van der Waals surface area contributed by atoms with Gasteiger partial charge in [-0.05, 0) is 13.0 Å². The third-order valence-corrected chi connectivity index (χ3v) is 2.33. The van der Waals surface area contributed by atoms with E-state index < -0.39 is 0 Å². The van der Waals surface area contributed by atoms with E-state index in [1.807, 2.05) is 0 Å². The second-order valence-electron chi connectivity index (χ2n) is 4.17. The molecule has 0 aliphatic carbocycles. The molecule has 0 spiro atoms. The van der Waals surface area contributed by atoms with E-state index >= 15 is 0 Å². The molecule has 1 rings (SSSR count). The van der Waals surface area contributed by atoms with Gasteiger partial charge in [0.1, 0.15) is 0 Å². The summed E-state index contributed by atoms with van der Waals surface area (Å²) in [6, 6.07) is 0. The summed E-state index contributed by atoms with van der Waals surface area (Å²) in [6.07, 6.45) is 0.997. The summed E-state index contributed by atoms with van der Waals surface area (Å²) in [5, 5.41) is 11.8. The minimum absolute atomic E-state index is 0.114. The molecule has 1 fully saturated rings. The average molecular weight is 203 g/mol. The monoisotopic (exact) mass is 203 g/mol. The first-order chi connectivity index (χ1) is 6.77. The minimum Gasteiger partial charge on any atom is -0.394 e. The number of hydrogen-bond donors (Lipinski definition) is 2. The van der Waals surface area contributed by atoms with Gasteiger partial charge < -0.3 is 19.9 Å². The largest absolute Gasteiger partial charge is 0.394 e. The predicted molar refractivity (Wildman–Crippen MR) is 54.3 cm³/mol. The van der Waals surface area contributed by atoms with Gasteiger partial charge in [0, 0.05) is 18.6 Å². The molecule has 4 nitrogen and oxygen atoms in total. The lowest BCUT2D eigenvalue weighted by molar-refractivity contribution is -0.0990. The molecule has 0 radical (unpaired) electrons. The number of aliphatic hydroxyl groups excluding tert-OH is 1. The Kier molecular flexibility index (Phi) is 5.40. The molecule has 0 amide bonds. The number of ether oxygens (including phenoxy) is 2. The van der Waals surface area contributed by atoms with Crippen molar-refractivity contribution in [2.45, 2.75) is 13.3 Å². The maximum Gasteiger partial charge on any atom is 0.0697 e. The van der Waals surface area contributed by atoms with Crippen LogP contribution < -0.4 is 5.32 Å². The van der Waals surface area contributed by atoms with Crippen molar-refractivity contribution < 1.29 is 14.6 Å². The van der Waals surface area contributed by atoms with E-state index in [2.05, 4.69) is 12.2 Å². The van der Waals surface area contributed by atoms with Crippen LogP contribution in [-0.2, 0) is 9.47 Å². The summed E-state index contributed by atoms with van der Waals surface area (Å²) >= 11 is 0. The molecule has 14 heavy (non-hydrogen) atoms. The Hall–Kier alpha value is -0.160. The Morgan fingerprint density at radius 3 is 2.79 bits per heavy atom. The summed E-state index contributed by atoms with van der Waals surface area (Å²) < 4.78 is 10.3. The molecule has 0 saturated carbocycles. The van der Waals surface area contributed by atoms with Crippen molar-refractivity contribution in [1.82, 2.24) is 5.32 Å². The zero-order valence-electron chi connectivity index (χ0n) is 8.92. The number of hydrogen-bond acceptors (Lipinski definition) is 4. The van der Waals surface area contributed by atoms with Crippen molar-refractivity contribution in [3.8, 4) is 0 Å². The van der Waals surface area contributed by atoms with Crippen LogP contribution in [0.5, 0.6) is 0 Å². The first-order valence-electron chi connectivity index (χ1n) is 5.24. The maximum absolute atomic E-state index is 8.46. The molecule has 1 saturated heterocycles. The molecule has 1 heterocycles. The molecule has 84 valence electrons. The zero-order chi connectivity index (χ0) is 10.3. The molecule has 2 N–H and O–H groups in total. The van der Waals surface area contributed by atoms with Crippen LogP contribution in [0.3, 0.4) is 0 Å². The lowest BCUT2D eigenvalue weighted by Gasteiger charge is -2.38. The van der Waals surface area contributed by atoms with Crippen LogP contribution in [0.25, 0.3) is 0 Å². The predicted octanol–water partition coefficient (Wildman–Crippen LogP) is 0.0115. The highest BCUT2D eigenvalue weighted by molar-refractivity contribution is 4.82. The molecule has 1 aliphatic heterocycles. The third-order valence-electron chi connectivity index (χ3n) is 2.33. The van der Waals surface area contributed by atoms with E-state index in [-0.39, 0.29) is 6.61 Å². The molecule has 1 aliphatic rings. The van der Waals surface area contributed by atoms with Gasteiger partial charge in [-0.15, -0.1) is 0 Å². The van der Waals surface area contributed by atoms with Crippen LogP contribution >= 0.6 is 0 Å². The van der Waals surface area contributed by atoms with Crippen molar-refractivity contribution in [1.29, 1.82) is 0 Å². The second-order valence-corrected chi connectivity index (χ2v) is 4.17. The fourth-order valence-corrected chi connectivity index (χ4v) is 1.41. The zero-order valence-corrected chi connectivity index (χ0v) is 8.92. The third kappa shape index (κ3) is 4.37. The Morgan fingerprint density at radius 2 is 2.21 bits per heavy atom. The van der Waals surface area contributed by atoms with Gasteiger partial charge >= 0.3 is 0 Å². The number of aliphatic hydroxyl groups is 1. The second kappa shape index (κ2) is 6.35. The van der Waals surface area contributed by atoms with Crippen LogP contribution in [0.15, 0.2) is 0 Å². The molecule has 0 aromatic heterocycles. The molecule has 4 heteroatoms. The summed E-state index contributed by atoms with van der Waals surface area (Å²) in [7, 11) is 0. The van der Waals surface area contributed by atoms with E-state index in [4.69, 9.17) is 14.6 Å². The Morgan fingerprint density at radius 1 is 1.43 bits per heavy atom. The first-order valence-corrected chi connectivity index (χ1v) is 5.24. The van der Waals surface area contributed by atoms with E-state index in [1.165, 1.54) is 0 Å². The van der Waals surface area contributed by atoms with Crippen LogP contribution in [0.4, 0.5) is 0 Å². The topological polar surface area (TPSA) is 50.7 Å². The van der Waals surface area contributed by atoms with E-state index in [1.54, 1.807) is 0 Å². The Bertz CT molecular complexity index is 148. The van der Waals surface area contributed by atoms with Crippen LogP contribution in [0, 0.1) is 5.41 Å². The average Bonchev–Trinajstić information content (AvgIpc) is 2.14. The smallest absolute Gasteiger partial charge is 0.0697 e. The SMILES string of the molecule is CC1(CNCCCOCCO)COC1. The molecule has 0 aromatic rings. The van der Waals surface area contributed by atoms with Crippen LogP contribution in [0.1, 0.15) is 13.3 Å². The van der Waals surface area contributed by atoms with Crippen molar-refractivity contribution in [3.05, 3.63) is 0 Å². The first kappa shape index (κ1) is 11.9. The minimum atomic E-state index is 0.114. The summed E-state index contributed by atoms with van der Waals surface area (Å²) in [5.74, 6) is 0. The Balaban J connectivity index is 1.80. The quantitative estimate of drug-likeness (QED) is 0.546. The molecular formula is C10H21NO3. The summed E-state index contributed by atoms with van der Waals surface area (Å²) in [6.45, 7) is 7.26. The molecule has 0 unspecified atom stereocenters. The van der Waals surface area contributed by atoms with Gasteiger partial charge in [0.05, 0.1) is 26.4 Å². The van der Waals surface area contributed by atoms with Crippen LogP contribution in [-0.4, -0.2) is 51.2 Å². The van der Waals surface area contributed by atoms with E-state index in [0.29, 0.717) is 12.0 Å². The lowest BCUT2D eigenvalue weighted by Crippen LogP contribution is -2.47. The van der Waals surface area contributed by atoms with Crippen molar-refractivity contribution in [2.24, 2.45) is 5.41 Å².